The number of aromatic nitrogens is 1. The van der Waals surface area contributed by atoms with E-state index in [4.69, 9.17) is 0 Å². The van der Waals surface area contributed by atoms with Crippen molar-refractivity contribution in [2.45, 2.75) is 24.3 Å². The Bertz CT molecular complexity index is 767. The Morgan fingerprint density at radius 2 is 2.08 bits per heavy atom. The third-order valence-corrected chi connectivity index (χ3v) is 4.85. The van der Waals surface area contributed by atoms with Gasteiger partial charge in [-0.05, 0) is 42.3 Å². The molecular weight excluding hydrogens is 341 g/mol. The Morgan fingerprint density at radius 3 is 2.80 bits per heavy atom. The summed E-state index contributed by atoms with van der Waals surface area (Å²) >= 11 is 1.35. The molecule has 7 heteroatoms. The van der Waals surface area contributed by atoms with Crippen LogP contribution in [0.3, 0.4) is 0 Å². The van der Waals surface area contributed by atoms with Crippen molar-refractivity contribution >= 4 is 29.3 Å². The van der Waals surface area contributed by atoms with Gasteiger partial charge in [-0.25, -0.2) is 4.39 Å². The molecule has 3 rings (SSSR count). The number of anilines is 1. The topological polar surface area (TPSA) is 62.3 Å². The van der Waals surface area contributed by atoms with Crippen molar-refractivity contribution in [3.8, 4) is 0 Å². The molecule has 2 amide bonds. The van der Waals surface area contributed by atoms with Crippen LogP contribution in [0.15, 0.2) is 47.6 Å². The van der Waals surface area contributed by atoms with E-state index in [2.05, 4.69) is 10.3 Å². The van der Waals surface area contributed by atoms with E-state index >= 15 is 0 Å². The highest BCUT2D eigenvalue weighted by atomic mass is 32.2. The van der Waals surface area contributed by atoms with Crippen LogP contribution in [-0.2, 0) is 16.1 Å². The Labute approximate surface area is 149 Å². The summed E-state index contributed by atoms with van der Waals surface area (Å²) in [4.78, 5) is 30.5. The molecule has 1 N–H and O–H groups in total. The second-order valence-electron chi connectivity index (χ2n) is 5.72. The zero-order chi connectivity index (χ0) is 17.6. The molecule has 0 unspecified atom stereocenters. The molecule has 25 heavy (non-hydrogen) atoms. The molecule has 2 aromatic rings. The number of hydrogen-bond donors (Lipinski definition) is 1. The van der Waals surface area contributed by atoms with E-state index < -0.39 is 0 Å². The summed E-state index contributed by atoms with van der Waals surface area (Å²) in [5, 5.41) is 2.83. The zero-order valence-electron chi connectivity index (χ0n) is 13.6. The largest absolute Gasteiger partial charge is 0.351 e. The Balaban J connectivity index is 1.50. The quantitative estimate of drug-likeness (QED) is 0.806. The maximum atomic E-state index is 12.8. The van der Waals surface area contributed by atoms with Gasteiger partial charge in [0.1, 0.15) is 5.82 Å². The molecule has 0 radical (unpaired) electrons. The lowest BCUT2D eigenvalue weighted by Gasteiger charge is -2.16. The smallest absolute Gasteiger partial charge is 0.230 e. The van der Waals surface area contributed by atoms with Crippen LogP contribution in [0.25, 0.3) is 0 Å². The van der Waals surface area contributed by atoms with Crippen LogP contribution in [-0.4, -0.2) is 29.1 Å². The molecule has 0 bridgehead atoms. The minimum Gasteiger partial charge on any atom is -0.351 e. The van der Waals surface area contributed by atoms with Crippen molar-refractivity contribution < 1.29 is 14.0 Å². The molecule has 1 saturated heterocycles. The SMILES string of the molecule is O=C(CSc1ccc(F)cc1)NCc1cncc(N2CCCC2=O)c1. The first kappa shape index (κ1) is 17.4. The molecule has 0 saturated carbocycles. The number of benzene rings is 1. The molecule has 1 aliphatic heterocycles. The van der Waals surface area contributed by atoms with Gasteiger partial charge >= 0.3 is 0 Å². The van der Waals surface area contributed by atoms with Gasteiger partial charge in [-0.15, -0.1) is 11.8 Å². The number of carbonyl (C=O) groups is 2. The molecule has 1 aromatic carbocycles. The lowest BCUT2D eigenvalue weighted by molar-refractivity contribution is -0.119. The van der Waals surface area contributed by atoms with Gasteiger partial charge in [-0.1, -0.05) is 0 Å². The second kappa shape index (κ2) is 8.11. The summed E-state index contributed by atoms with van der Waals surface area (Å²) in [5.41, 5.74) is 1.62. The number of halogens is 1. The van der Waals surface area contributed by atoms with E-state index in [1.165, 1.54) is 23.9 Å². The molecule has 0 atom stereocenters. The van der Waals surface area contributed by atoms with Gasteiger partial charge < -0.3 is 10.2 Å². The van der Waals surface area contributed by atoms with Crippen molar-refractivity contribution in [3.05, 3.63) is 54.1 Å². The summed E-state index contributed by atoms with van der Waals surface area (Å²) in [6.07, 6.45) is 4.78. The monoisotopic (exact) mass is 359 g/mol. The highest BCUT2D eigenvalue weighted by molar-refractivity contribution is 8.00. The first-order valence-corrected chi connectivity index (χ1v) is 9.00. The number of carbonyl (C=O) groups excluding carboxylic acids is 2. The van der Waals surface area contributed by atoms with Gasteiger partial charge in [0.2, 0.25) is 11.8 Å². The molecule has 1 aromatic heterocycles. The van der Waals surface area contributed by atoms with Crippen molar-refractivity contribution in [2.24, 2.45) is 0 Å². The summed E-state index contributed by atoms with van der Waals surface area (Å²) in [7, 11) is 0. The average Bonchev–Trinajstić information content (AvgIpc) is 3.06. The average molecular weight is 359 g/mol. The predicted octanol–water partition coefficient (Wildman–Crippen LogP) is 2.76. The fourth-order valence-electron chi connectivity index (χ4n) is 2.57. The first-order valence-electron chi connectivity index (χ1n) is 8.01. The van der Waals surface area contributed by atoms with Crippen LogP contribution in [0.4, 0.5) is 10.1 Å². The van der Waals surface area contributed by atoms with Crippen LogP contribution in [0.5, 0.6) is 0 Å². The molecule has 2 heterocycles. The van der Waals surface area contributed by atoms with Crippen LogP contribution in [0.2, 0.25) is 0 Å². The van der Waals surface area contributed by atoms with E-state index in [0.717, 1.165) is 22.6 Å². The van der Waals surface area contributed by atoms with Gasteiger partial charge in [0.25, 0.3) is 0 Å². The fraction of sp³-hybridized carbons (Fsp3) is 0.278. The molecule has 0 spiro atoms. The van der Waals surface area contributed by atoms with E-state index in [-0.39, 0.29) is 23.4 Å². The van der Waals surface area contributed by atoms with Gasteiger partial charge in [-0.2, -0.15) is 0 Å². The fourth-order valence-corrected chi connectivity index (χ4v) is 3.30. The van der Waals surface area contributed by atoms with Gasteiger partial charge in [0, 0.05) is 30.6 Å². The van der Waals surface area contributed by atoms with E-state index in [1.807, 2.05) is 6.07 Å². The number of hydrogen-bond acceptors (Lipinski definition) is 4. The maximum absolute atomic E-state index is 12.8. The van der Waals surface area contributed by atoms with Crippen LogP contribution >= 0.6 is 11.8 Å². The van der Waals surface area contributed by atoms with Crippen molar-refractivity contribution in [1.82, 2.24) is 10.3 Å². The lowest BCUT2D eigenvalue weighted by Crippen LogP contribution is -2.26. The van der Waals surface area contributed by atoms with Crippen LogP contribution in [0, 0.1) is 5.82 Å². The lowest BCUT2D eigenvalue weighted by atomic mass is 10.2. The highest BCUT2D eigenvalue weighted by Crippen LogP contribution is 2.21. The molecule has 5 nitrogen and oxygen atoms in total. The van der Waals surface area contributed by atoms with Crippen molar-refractivity contribution in [3.63, 3.8) is 0 Å². The third-order valence-electron chi connectivity index (χ3n) is 3.84. The number of nitrogens with one attached hydrogen (secondary N) is 1. The second-order valence-corrected chi connectivity index (χ2v) is 6.77. The number of thioether (sulfide) groups is 1. The maximum Gasteiger partial charge on any atom is 0.230 e. The standard InChI is InChI=1S/C18H18FN3O2S/c19-14-3-5-16(6-4-14)25-12-17(23)21-10-13-8-15(11-20-9-13)22-7-1-2-18(22)24/h3-6,8-9,11H,1-2,7,10,12H2,(H,21,23). The molecule has 0 aliphatic carbocycles. The minimum absolute atomic E-state index is 0.110. The predicted molar refractivity (Wildman–Crippen MR) is 94.8 cm³/mol. The Kier molecular flexibility index (Phi) is 5.65. The Hall–Kier alpha value is -2.41. The van der Waals surface area contributed by atoms with Crippen molar-refractivity contribution in [2.75, 3.05) is 17.2 Å². The van der Waals surface area contributed by atoms with E-state index in [1.54, 1.807) is 29.4 Å². The highest BCUT2D eigenvalue weighted by Gasteiger charge is 2.22. The molecule has 130 valence electrons. The summed E-state index contributed by atoms with van der Waals surface area (Å²) in [6, 6.07) is 7.92. The zero-order valence-corrected chi connectivity index (χ0v) is 14.4. The van der Waals surface area contributed by atoms with Gasteiger partial charge in [-0.3, -0.25) is 14.6 Å². The minimum atomic E-state index is -0.294. The van der Waals surface area contributed by atoms with Crippen LogP contribution < -0.4 is 10.2 Å². The third kappa shape index (κ3) is 4.79. The number of rotatable bonds is 6. The number of pyridine rings is 1. The van der Waals surface area contributed by atoms with E-state index in [9.17, 15) is 14.0 Å². The molecule has 1 aliphatic rings. The first-order chi connectivity index (χ1) is 12.1. The summed E-state index contributed by atoms with van der Waals surface area (Å²) < 4.78 is 12.8. The normalized spacial score (nSPS) is 14.0. The van der Waals surface area contributed by atoms with Crippen LogP contribution in [0.1, 0.15) is 18.4 Å². The molecule has 1 fully saturated rings. The van der Waals surface area contributed by atoms with Crippen molar-refractivity contribution in [1.29, 1.82) is 0 Å². The summed E-state index contributed by atoms with van der Waals surface area (Å²) in [6.45, 7) is 1.07. The Morgan fingerprint density at radius 1 is 1.28 bits per heavy atom. The van der Waals surface area contributed by atoms with E-state index in [0.29, 0.717) is 19.5 Å². The number of amides is 2. The molecular formula is C18H18FN3O2S. The summed E-state index contributed by atoms with van der Waals surface area (Å²) in [5.74, 6) is -0.0445. The van der Waals surface area contributed by atoms with Gasteiger partial charge in [0.15, 0.2) is 0 Å². The van der Waals surface area contributed by atoms with Gasteiger partial charge in [0.05, 0.1) is 17.6 Å². The number of nitrogens with zero attached hydrogens (tertiary/aromatic N) is 2.